The van der Waals surface area contributed by atoms with Gasteiger partial charge >= 0.3 is 0 Å². The van der Waals surface area contributed by atoms with Crippen LogP contribution in [0.3, 0.4) is 0 Å². The predicted molar refractivity (Wildman–Crippen MR) is 85.8 cm³/mol. The second-order valence-electron chi connectivity index (χ2n) is 5.18. The molecule has 7 nitrogen and oxygen atoms in total. The van der Waals surface area contributed by atoms with Crippen LogP contribution in [-0.2, 0) is 17.8 Å². The number of nitrogens with two attached hydrogens (primary N) is 1. The zero-order valence-corrected chi connectivity index (χ0v) is 13.1. The summed E-state index contributed by atoms with van der Waals surface area (Å²) in [4.78, 5) is 21.1. The summed E-state index contributed by atoms with van der Waals surface area (Å²) in [5, 5.41) is 9.16. The maximum Gasteiger partial charge on any atom is 0.240 e. The summed E-state index contributed by atoms with van der Waals surface area (Å²) in [7, 11) is 1.60. The minimum atomic E-state index is -0.676. The lowest BCUT2D eigenvalue weighted by Crippen LogP contribution is -2.45. The third-order valence-electron chi connectivity index (χ3n) is 3.51. The number of benzene rings is 1. The number of methoxy groups -OCH3 is 1. The lowest BCUT2D eigenvalue weighted by atomic mass is 10.1. The highest BCUT2D eigenvalue weighted by atomic mass is 16.5. The van der Waals surface area contributed by atoms with E-state index in [2.05, 4.69) is 9.97 Å². The number of hydrogen-bond acceptors (Lipinski definition) is 5. The molecule has 1 atom stereocenters. The van der Waals surface area contributed by atoms with Crippen LogP contribution in [0.2, 0.25) is 0 Å². The minimum Gasteiger partial charge on any atom is -0.497 e. The minimum absolute atomic E-state index is 0.123. The Morgan fingerprint density at radius 2 is 2.17 bits per heavy atom. The molecule has 0 fully saturated rings. The summed E-state index contributed by atoms with van der Waals surface area (Å²) in [6, 6.07) is 6.76. The molecule has 2 rings (SSSR count). The number of H-pyrrole nitrogens is 1. The van der Waals surface area contributed by atoms with Gasteiger partial charge < -0.3 is 25.5 Å². The van der Waals surface area contributed by atoms with Crippen LogP contribution in [0.25, 0.3) is 0 Å². The predicted octanol–water partition coefficient (Wildman–Crippen LogP) is 0.309. The van der Waals surface area contributed by atoms with Crippen molar-refractivity contribution < 1.29 is 14.6 Å². The highest BCUT2D eigenvalue weighted by molar-refractivity contribution is 5.82. The molecule has 0 bridgehead atoms. The van der Waals surface area contributed by atoms with Gasteiger partial charge in [0.25, 0.3) is 0 Å². The van der Waals surface area contributed by atoms with E-state index in [4.69, 9.17) is 15.6 Å². The average Bonchev–Trinajstić information content (AvgIpc) is 3.07. The van der Waals surface area contributed by atoms with Crippen molar-refractivity contribution in [3.63, 3.8) is 0 Å². The van der Waals surface area contributed by atoms with Gasteiger partial charge in [0.05, 0.1) is 26.3 Å². The molecular weight excluding hydrogens is 296 g/mol. The van der Waals surface area contributed by atoms with Crippen LogP contribution in [0.1, 0.15) is 11.4 Å². The van der Waals surface area contributed by atoms with Gasteiger partial charge in [0, 0.05) is 18.9 Å². The summed E-state index contributed by atoms with van der Waals surface area (Å²) >= 11 is 0. The highest BCUT2D eigenvalue weighted by Gasteiger charge is 2.22. The van der Waals surface area contributed by atoms with Crippen LogP contribution in [0.15, 0.2) is 36.7 Å². The fraction of sp³-hybridized carbons (Fsp3) is 0.375. The molecule has 0 aliphatic rings. The molecule has 1 heterocycles. The number of nitrogens with one attached hydrogen (secondary N) is 1. The second kappa shape index (κ2) is 8.30. The van der Waals surface area contributed by atoms with Gasteiger partial charge in [-0.05, 0) is 24.1 Å². The van der Waals surface area contributed by atoms with E-state index in [-0.39, 0.29) is 19.1 Å². The molecule has 0 spiro atoms. The highest BCUT2D eigenvalue weighted by Crippen LogP contribution is 2.13. The smallest absolute Gasteiger partial charge is 0.240 e. The number of aromatic amines is 1. The summed E-state index contributed by atoms with van der Waals surface area (Å²) in [5.74, 6) is 1.20. The maximum atomic E-state index is 12.5. The Morgan fingerprint density at radius 1 is 1.43 bits per heavy atom. The Morgan fingerprint density at radius 3 is 2.74 bits per heavy atom. The van der Waals surface area contributed by atoms with Gasteiger partial charge in [-0.25, -0.2) is 4.98 Å². The third kappa shape index (κ3) is 4.80. The van der Waals surface area contributed by atoms with Crippen molar-refractivity contribution in [3.05, 3.63) is 48.0 Å². The molecule has 0 unspecified atom stereocenters. The van der Waals surface area contributed by atoms with Gasteiger partial charge in [-0.15, -0.1) is 0 Å². The fourth-order valence-electron chi connectivity index (χ4n) is 2.29. The van der Waals surface area contributed by atoms with E-state index in [9.17, 15) is 4.79 Å². The number of aliphatic hydroxyl groups is 1. The Balaban J connectivity index is 1.99. The average molecular weight is 318 g/mol. The number of amides is 1. The first kappa shape index (κ1) is 17.0. The maximum absolute atomic E-state index is 12.5. The van der Waals surface area contributed by atoms with Crippen molar-refractivity contribution in [2.45, 2.75) is 19.0 Å². The van der Waals surface area contributed by atoms with E-state index in [0.29, 0.717) is 18.8 Å². The van der Waals surface area contributed by atoms with Crippen molar-refractivity contribution in [2.75, 3.05) is 20.3 Å². The number of rotatable bonds is 8. The SMILES string of the molecule is COc1ccc(C[C@H](N)C(=O)N(CCO)Cc2ncc[nH]2)cc1. The van der Waals surface area contributed by atoms with E-state index in [0.717, 1.165) is 11.3 Å². The molecule has 1 amide bonds. The van der Waals surface area contributed by atoms with Crippen LogP contribution >= 0.6 is 0 Å². The van der Waals surface area contributed by atoms with Gasteiger partial charge in [0.15, 0.2) is 0 Å². The molecule has 0 aliphatic heterocycles. The summed E-state index contributed by atoms with van der Waals surface area (Å²) in [5.41, 5.74) is 7.00. The molecule has 0 saturated heterocycles. The number of hydrogen-bond donors (Lipinski definition) is 3. The number of carbonyl (C=O) groups is 1. The Kier molecular flexibility index (Phi) is 6.13. The number of carbonyl (C=O) groups excluding carboxylic acids is 1. The van der Waals surface area contributed by atoms with E-state index < -0.39 is 6.04 Å². The molecule has 2 aromatic rings. The molecule has 124 valence electrons. The standard InChI is InChI=1S/C16H22N4O3/c1-23-13-4-2-12(3-5-13)10-14(17)16(22)20(8-9-21)11-15-18-6-7-19-15/h2-7,14,21H,8-11,17H2,1H3,(H,18,19)/t14-/m0/s1. The first-order valence-electron chi connectivity index (χ1n) is 7.40. The Bertz CT molecular complexity index is 598. The van der Waals surface area contributed by atoms with Crippen LogP contribution in [-0.4, -0.2) is 52.2 Å². The molecule has 1 aromatic heterocycles. The van der Waals surface area contributed by atoms with Crippen LogP contribution < -0.4 is 10.5 Å². The largest absolute Gasteiger partial charge is 0.497 e. The van der Waals surface area contributed by atoms with E-state index in [1.54, 1.807) is 19.5 Å². The zero-order chi connectivity index (χ0) is 16.7. The summed E-state index contributed by atoms with van der Waals surface area (Å²) < 4.78 is 5.11. The van der Waals surface area contributed by atoms with Gasteiger partial charge in [-0.3, -0.25) is 4.79 Å². The first-order valence-corrected chi connectivity index (χ1v) is 7.40. The third-order valence-corrected chi connectivity index (χ3v) is 3.51. The van der Waals surface area contributed by atoms with Crippen molar-refractivity contribution in [1.29, 1.82) is 0 Å². The number of ether oxygens (including phenoxy) is 1. The Labute approximate surface area is 135 Å². The number of imidazole rings is 1. The number of nitrogens with zero attached hydrogens (tertiary/aromatic N) is 2. The van der Waals surface area contributed by atoms with Crippen molar-refractivity contribution in [2.24, 2.45) is 5.73 Å². The normalized spacial score (nSPS) is 12.0. The van der Waals surface area contributed by atoms with Gasteiger partial charge in [0.2, 0.25) is 5.91 Å². The Hall–Kier alpha value is -2.38. The van der Waals surface area contributed by atoms with Crippen molar-refractivity contribution in [1.82, 2.24) is 14.9 Å². The van der Waals surface area contributed by atoms with Gasteiger partial charge in [0.1, 0.15) is 11.6 Å². The van der Waals surface area contributed by atoms with Gasteiger partial charge in [-0.1, -0.05) is 12.1 Å². The van der Waals surface area contributed by atoms with Crippen LogP contribution in [0, 0.1) is 0 Å². The summed E-state index contributed by atoms with van der Waals surface area (Å²) in [6.07, 6.45) is 3.73. The van der Waals surface area contributed by atoms with E-state index in [1.165, 1.54) is 4.90 Å². The molecule has 0 aliphatic carbocycles. The van der Waals surface area contributed by atoms with Crippen molar-refractivity contribution in [3.8, 4) is 5.75 Å². The zero-order valence-electron chi connectivity index (χ0n) is 13.1. The van der Waals surface area contributed by atoms with Crippen LogP contribution in [0.5, 0.6) is 5.75 Å². The molecule has 1 aromatic carbocycles. The topological polar surface area (TPSA) is 104 Å². The van der Waals surface area contributed by atoms with E-state index in [1.807, 2.05) is 24.3 Å². The number of aromatic nitrogens is 2. The molecule has 4 N–H and O–H groups in total. The molecular formula is C16H22N4O3. The molecule has 7 heteroatoms. The molecule has 23 heavy (non-hydrogen) atoms. The first-order chi connectivity index (χ1) is 11.1. The molecule has 0 saturated carbocycles. The molecule has 0 radical (unpaired) electrons. The quantitative estimate of drug-likeness (QED) is 0.650. The fourth-order valence-corrected chi connectivity index (χ4v) is 2.29. The van der Waals surface area contributed by atoms with Gasteiger partial charge in [-0.2, -0.15) is 0 Å². The number of aliphatic hydroxyl groups excluding tert-OH is 1. The van der Waals surface area contributed by atoms with E-state index >= 15 is 0 Å². The summed E-state index contributed by atoms with van der Waals surface area (Å²) in [6.45, 7) is 0.389. The monoisotopic (exact) mass is 318 g/mol. The van der Waals surface area contributed by atoms with Crippen molar-refractivity contribution >= 4 is 5.91 Å². The lowest BCUT2D eigenvalue weighted by Gasteiger charge is -2.24. The lowest BCUT2D eigenvalue weighted by molar-refractivity contribution is -0.133. The van der Waals surface area contributed by atoms with Crippen LogP contribution in [0.4, 0.5) is 0 Å². The second-order valence-corrected chi connectivity index (χ2v) is 5.18.